The number of benzene rings is 2. The zero-order chi connectivity index (χ0) is 44.9. The number of pyridine rings is 2. The monoisotopic (exact) mass is 906 g/mol. The number of hydrogen-bond donors (Lipinski definition) is 3. The van der Waals surface area contributed by atoms with Crippen LogP contribution in [0.3, 0.4) is 0 Å². The van der Waals surface area contributed by atoms with Gasteiger partial charge in [0.15, 0.2) is 17.0 Å². The second-order valence-corrected chi connectivity index (χ2v) is 18.7. The van der Waals surface area contributed by atoms with Gasteiger partial charge in [-0.25, -0.2) is 24.9 Å². The molecule has 11 rings (SSSR count). The van der Waals surface area contributed by atoms with E-state index in [4.69, 9.17) is 44.9 Å². The standard InChI is InChI=1S/C51H63N13O3/c52-48(36-6-2-1-3-7-36)37-9-11-40(12-10-37)63-31-38(28-39(32-63)58-45-29-41(13-16-53-45)60-19-24-65-25-20-60)43-15-18-62(33-44(43)59-46-30-42(14-17-54-46)61-21-26-66-27-22-61)50-49-51(56-34-55-50)64(35-57-49)47-8-4-5-23-67-47/h1-3,6-7,9-14,16-17,29-30,34-35,38-39,43-44,47-48H,4-5,8,15,18-28,31-33,52H2,(H,53,58)(H,54,59)/t38?,39-,43?,44+,47+,48+/m1/s1. The highest BCUT2D eigenvalue weighted by molar-refractivity contribution is 5.83. The van der Waals surface area contributed by atoms with Gasteiger partial charge < -0.3 is 50.2 Å². The Kier molecular flexibility index (Phi) is 13.0. The van der Waals surface area contributed by atoms with Crippen LogP contribution in [0.1, 0.15) is 55.5 Å². The van der Waals surface area contributed by atoms with Gasteiger partial charge in [-0.15, -0.1) is 0 Å². The molecule has 4 aromatic heterocycles. The summed E-state index contributed by atoms with van der Waals surface area (Å²) in [7, 11) is 0. The van der Waals surface area contributed by atoms with Crippen molar-refractivity contribution >= 4 is 45.7 Å². The fourth-order valence-corrected chi connectivity index (χ4v) is 11.0. The summed E-state index contributed by atoms with van der Waals surface area (Å²) in [6.45, 7) is 10.5. The molecule has 6 atom stereocenters. The number of hydrogen-bond acceptors (Lipinski definition) is 15. The van der Waals surface area contributed by atoms with Crippen molar-refractivity contribution in [2.45, 2.75) is 56.5 Å². The van der Waals surface area contributed by atoms with Crippen LogP contribution in [-0.4, -0.2) is 127 Å². The highest BCUT2D eigenvalue weighted by atomic mass is 16.5. The Balaban J connectivity index is 0.907. The minimum absolute atomic E-state index is 0.0505. The summed E-state index contributed by atoms with van der Waals surface area (Å²) >= 11 is 0. The Morgan fingerprint density at radius 2 is 1.31 bits per heavy atom. The molecule has 6 aromatic rings. The van der Waals surface area contributed by atoms with Gasteiger partial charge in [0.05, 0.1) is 38.8 Å². The summed E-state index contributed by atoms with van der Waals surface area (Å²) in [6, 6.07) is 27.9. The highest BCUT2D eigenvalue weighted by Gasteiger charge is 2.41. The maximum Gasteiger partial charge on any atom is 0.167 e. The Bertz CT molecular complexity index is 2550. The Labute approximate surface area is 392 Å². The smallest absolute Gasteiger partial charge is 0.167 e. The van der Waals surface area contributed by atoms with Crippen molar-refractivity contribution in [2.75, 3.05) is 116 Å². The zero-order valence-electron chi connectivity index (χ0n) is 38.3. The lowest BCUT2D eigenvalue weighted by molar-refractivity contribution is -0.0298. The molecule has 67 heavy (non-hydrogen) atoms. The molecule has 4 N–H and O–H groups in total. The van der Waals surface area contributed by atoms with Gasteiger partial charge >= 0.3 is 0 Å². The maximum absolute atomic E-state index is 6.80. The van der Waals surface area contributed by atoms with Crippen molar-refractivity contribution < 1.29 is 14.2 Å². The van der Waals surface area contributed by atoms with Crippen LogP contribution in [0.25, 0.3) is 11.2 Å². The number of ether oxygens (including phenoxy) is 3. The van der Waals surface area contributed by atoms with E-state index < -0.39 is 0 Å². The van der Waals surface area contributed by atoms with Gasteiger partial charge in [0, 0.05) is 113 Å². The summed E-state index contributed by atoms with van der Waals surface area (Å²) < 4.78 is 19.7. The molecule has 0 aliphatic carbocycles. The zero-order valence-corrected chi connectivity index (χ0v) is 38.3. The minimum Gasteiger partial charge on any atom is -0.378 e. The molecular formula is C51H63N13O3. The second kappa shape index (κ2) is 20.0. The summed E-state index contributed by atoms with van der Waals surface area (Å²) in [4.78, 5) is 34.2. The second-order valence-electron chi connectivity index (χ2n) is 18.7. The third kappa shape index (κ3) is 9.71. The number of anilines is 6. The molecule has 350 valence electrons. The fourth-order valence-electron chi connectivity index (χ4n) is 11.0. The first-order valence-electron chi connectivity index (χ1n) is 24.4. The SMILES string of the molecule is N[C@@H](c1ccccc1)c1ccc(N2CC(C3CCN(c4ncnc5c4ncn5[C@@H]4CCCCO4)C[C@@H]3Nc3cc(N4CCOCC4)ccn3)C[C@@H](Nc3cc(N4CCOCC4)ccn3)C2)cc1. The van der Waals surface area contributed by atoms with E-state index in [1.165, 1.54) is 11.4 Å². The molecule has 5 aliphatic rings. The lowest BCUT2D eigenvalue weighted by atomic mass is 9.75. The van der Waals surface area contributed by atoms with E-state index in [1.54, 1.807) is 6.33 Å². The molecular weight excluding hydrogens is 843 g/mol. The van der Waals surface area contributed by atoms with Crippen molar-refractivity contribution in [1.29, 1.82) is 0 Å². The van der Waals surface area contributed by atoms with Gasteiger partial charge in [-0.1, -0.05) is 42.5 Å². The molecule has 2 aromatic carbocycles. The van der Waals surface area contributed by atoms with Gasteiger partial charge in [-0.3, -0.25) is 4.57 Å². The predicted molar refractivity (Wildman–Crippen MR) is 263 cm³/mol. The van der Waals surface area contributed by atoms with Crippen LogP contribution in [-0.2, 0) is 14.2 Å². The molecule has 5 saturated heterocycles. The lowest BCUT2D eigenvalue weighted by Crippen LogP contribution is -2.55. The van der Waals surface area contributed by atoms with Crippen LogP contribution in [0, 0.1) is 11.8 Å². The third-order valence-corrected chi connectivity index (χ3v) is 14.6. The molecule has 0 spiro atoms. The maximum atomic E-state index is 6.80. The first-order valence-corrected chi connectivity index (χ1v) is 24.4. The van der Waals surface area contributed by atoms with Crippen molar-refractivity contribution in [2.24, 2.45) is 17.6 Å². The van der Waals surface area contributed by atoms with E-state index in [2.05, 4.69) is 108 Å². The van der Waals surface area contributed by atoms with Gasteiger partial charge in [0.2, 0.25) is 0 Å². The molecule has 0 bridgehead atoms. The molecule has 16 nitrogen and oxygen atoms in total. The van der Waals surface area contributed by atoms with Crippen LogP contribution >= 0.6 is 0 Å². The van der Waals surface area contributed by atoms with Crippen molar-refractivity contribution in [1.82, 2.24) is 29.5 Å². The predicted octanol–water partition coefficient (Wildman–Crippen LogP) is 6.35. The summed E-state index contributed by atoms with van der Waals surface area (Å²) in [5, 5.41) is 7.98. The largest absolute Gasteiger partial charge is 0.378 e. The first kappa shape index (κ1) is 43.5. The van der Waals surface area contributed by atoms with Crippen LogP contribution in [0.2, 0.25) is 0 Å². The summed E-state index contributed by atoms with van der Waals surface area (Å²) in [5.41, 5.74) is 14.2. The molecule has 0 amide bonds. The van der Waals surface area contributed by atoms with E-state index in [0.29, 0.717) is 11.8 Å². The van der Waals surface area contributed by atoms with E-state index >= 15 is 0 Å². The molecule has 16 heteroatoms. The number of nitrogens with one attached hydrogen (secondary N) is 2. The highest BCUT2D eigenvalue weighted by Crippen LogP contribution is 2.39. The quantitative estimate of drug-likeness (QED) is 0.125. The van der Waals surface area contributed by atoms with E-state index in [-0.39, 0.29) is 24.4 Å². The minimum atomic E-state index is -0.193. The van der Waals surface area contributed by atoms with Gasteiger partial charge in [0.25, 0.3) is 0 Å². The average Bonchev–Trinajstić information content (AvgIpc) is 3.84. The number of imidazole rings is 1. The summed E-state index contributed by atoms with van der Waals surface area (Å²) in [5.74, 6) is 3.28. The van der Waals surface area contributed by atoms with Crippen LogP contribution in [0.15, 0.2) is 104 Å². The van der Waals surface area contributed by atoms with E-state index in [9.17, 15) is 0 Å². The van der Waals surface area contributed by atoms with Crippen molar-refractivity contribution in [3.05, 3.63) is 115 Å². The number of rotatable bonds is 12. The van der Waals surface area contributed by atoms with Crippen LogP contribution < -0.4 is 36.0 Å². The van der Waals surface area contributed by atoms with Crippen LogP contribution in [0.5, 0.6) is 0 Å². The molecule has 9 heterocycles. The Morgan fingerprint density at radius 1 is 0.612 bits per heavy atom. The summed E-state index contributed by atoms with van der Waals surface area (Å²) in [6.07, 6.45) is 12.5. The Hall–Kier alpha value is -6.07. The molecule has 0 saturated carbocycles. The van der Waals surface area contributed by atoms with E-state index in [0.717, 1.165) is 163 Å². The number of nitrogens with two attached hydrogens (primary N) is 1. The van der Waals surface area contributed by atoms with Crippen molar-refractivity contribution in [3.63, 3.8) is 0 Å². The number of piperidine rings is 2. The van der Waals surface area contributed by atoms with E-state index in [1.807, 2.05) is 24.8 Å². The lowest BCUT2D eigenvalue weighted by Gasteiger charge is -2.48. The first-order chi connectivity index (χ1) is 33.1. The normalized spacial score (nSPS) is 24.4. The van der Waals surface area contributed by atoms with Crippen molar-refractivity contribution in [3.8, 4) is 0 Å². The molecule has 5 aliphatic heterocycles. The molecule has 5 fully saturated rings. The number of fused-ring (bicyclic) bond motifs is 1. The number of aromatic nitrogens is 6. The third-order valence-electron chi connectivity index (χ3n) is 14.6. The Morgan fingerprint density at radius 3 is 2.01 bits per heavy atom. The van der Waals surface area contributed by atoms with Gasteiger partial charge in [-0.05, 0) is 79.3 Å². The fraction of sp³-hybridized carbons (Fsp3) is 0.471. The van der Waals surface area contributed by atoms with Gasteiger partial charge in [-0.2, -0.15) is 0 Å². The molecule has 2 unspecified atom stereocenters. The molecule has 0 radical (unpaired) electrons. The topological polar surface area (TPSA) is 160 Å². The van der Waals surface area contributed by atoms with Gasteiger partial charge in [0.1, 0.15) is 24.2 Å². The number of morpholine rings is 2. The average molecular weight is 906 g/mol. The number of nitrogens with zero attached hydrogens (tertiary/aromatic N) is 10. The van der Waals surface area contributed by atoms with Crippen LogP contribution in [0.4, 0.5) is 34.5 Å².